The van der Waals surface area contributed by atoms with E-state index in [1.165, 1.54) is 4.88 Å². The molecule has 0 spiro atoms. The molecule has 31 heavy (non-hydrogen) atoms. The first kappa shape index (κ1) is 26.3. The molecule has 0 saturated carbocycles. The van der Waals surface area contributed by atoms with Crippen molar-refractivity contribution in [3.05, 3.63) is 22.4 Å². The Hall–Kier alpha value is -0.950. The van der Waals surface area contributed by atoms with Gasteiger partial charge in [0.25, 0.3) is 0 Å². The van der Waals surface area contributed by atoms with Crippen LogP contribution in [0.1, 0.15) is 24.8 Å². The zero-order chi connectivity index (χ0) is 21.2. The first-order chi connectivity index (χ1) is 14.7. The lowest BCUT2D eigenvalue weighted by Crippen LogP contribution is -2.50. The van der Waals surface area contributed by atoms with Crippen LogP contribution in [-0.4, -0.2) is 105 Å². The van der Waals surface area contributed by atoms with Gasteiger partial charge in [0.2, 0.25) is 5.91 Å². The lowest BCUT2D eigenvalue weighted by molar-refractivity contribution is -0.130. The summed E-state index contributed by atoms with van der Waals surface area (Å²) < 4.78 is 5.54. The van der Waals surface area contributed by atoms with E-state index >= 15 is 0 Å². The molecule has 1 atom stereocenters. The zero-order valence-electron chi connectivity index (χ0n) is 18.7. The third-order valence-electron chi connectivity index (χ3n) is 5.66. The van der Waals surface area contributed by atoms with Crippen LogP contribution in [-0.2, 0) is 9.53 Å². The first-order valence-corrected chi connectivity index (χ1v) is 11.9. The second-order valence-corrected chi connectivity index (χ2v) is 8.65. The molecule has 1 amide bonds. The van der Waals surface area contributed by atoms with Crippen molar-refractivity contribution in [1.82, 2.24) is 25.3 Å². The van der Waals surface area contributed by atoms with Gasteiger partial charge < -0.3 is 20.3 Å². The van der Waals surface area contributed by atoms with Crippen LogP contribution in [0.2, 0.25) is 0 Å². The Morgan fingerprint density at radius 1 is 1.19 bits per heavy atom. The summed E-state index contributed by atoms with van der Waals surface area (Å²) in [7, 11) is 0. The normalized spacial score (nSPS) is 19.5. The number of aliphatic imine (C=N–C) groups is 1. The highest BCUT2D eigenvalue weighted by Gasteiger charge is 2.23. The minimum Gasteiger partial charge on any atom is -0.379 e. The molecule has 3 heterocycles. The average Bonchev–Trinajstić information content (AvgIpc) is 3.29. The topological polar surface area (TPSA) is 72.4 Å². The van der Waals surface area contributed by atoms with Gasteiger partial charge >= 0.3 is 0 Å². The van der Waals surface area contributed by atoms with Crippen molar-refractivity contribution in [2.45, 2.75) is 19.9 Å². The minimum absolute atomic E-state index is 0. The Labute approximate surface area is 207 Å². The molecule has 176 valence electrons. The van der Waals surface area contributed by atoms with Gasteiger partial charge in [0.05, 0.1) is 25.8 Å². The third kappa shape index (κ3) is 8.49. The van der Waals surface area contributed by atoms with Gasteiger partial charge in [-0.3, -0.25) is 19.6 Å². The molecule has 2 saturated heterocycles. The predicted octanol–water partition coefficient (Wildman–Crippen LogP) is 1.46. The Bertz CT molecular complexity index is 661. The monoisotopic (exact) mass is 564 g/mol. The molecule has 2 N–H and O–H groups in total. The molecule has 0 bridgehead atoms. The third-order valence-corrected chi connectivity index (χ3v) is 6.64. The van der Waals surface area contributed by atoms with Crippen LogP contribution in [0.5, 0.6) is 0 Å². The van der Waals surface area contributed by atoms with Crippen molar-refractivity contribution >= 4 is 47.2 Å². The maximum Gasteiger partial charge on any atom is 0.219 e. The van der Waals surface area contributed by atoms with Crippen LogP contribution in [0.15, 0.2) is 22.5 Å². The average molecular weight is 565 g/mol. The molecule has 2 aliphatic rings. The predicted molar refractivity (Wildman–Crippen MR) is 138 cm³/mol. The number of morpholine rings is 1. The van der Waals surface area contributed by atoms with Crippen LogP contribution < -0.4 is 10.6 Å². The highest BCUT2D eigenvalue weighted by Crippen LogP contribution is 2.26. The maximum absolute atomic E-state index is 11.5. The van der Waals surface area contributed by atoms with Gasteiger partial charge in [-0.15, -0.1) is 35.3 Å². The van der Waals surface area contributed by atoms with E-state index in [4.69, 9.17) is 9.73 Å². The van der Waals surface area contributed by atoms with Crippen molar-refractivity contribution < 1.29 is 9.53 Å². The van der Waals surface area contributed by atoms with Gasteiger partial charge in [0.1, 0.15) is 0 Å². The van der Waals surface area contributed by atoms with E-state index in [0.717, 1.165) is 84.6 Å². The van der Waals surface area contributed by atoms with Gasteiger partial charge in [-0.1, -0.05) is 6.07 Å². The van der Waals surface area contributed by atoms with Crippen molar-refractivity contribution in [1.29, 1.82) is 0 Å². The molecular weight excluding hydrogens is 527 g/mol. The van der Waals surface area contributed by atoms with Crippen LogP contribution in [0, 0.1) is 0 Å². The number of halogens is 1. The van der Waals surface area contributed by atoms with Gasteiger partial charge in [0.15, 0.2) is 5.96 Å². The number of carbonyl (C=O) groups is 1. The number of amides is 1. The number of nitrogens with one attached hydrogen (secondary N) is 2. The zero-order valence-corrected chi connectivity index (χ0v) is 21.9. The summed E-state index contributed by atoms with van der Waals surface area (Å²) in [6, 6.07) is 4.62. The van der Waals surface area contributed by atoms with E-state index in [-0.39, 0.29) is 29.9 Å². The largest absolute Gasteiger partial charge is 0.379 e. The number of nitrogens with zero attached hydrogens (tertiary/aromatic N) is 4. The fraction of sp³-hybridized carbons (Fsp3) is 0.714. The van der Waals surface area contributed by atoms with Crippen molar-refractivity contribution in [3.8, 4) is 0 Å². The molecule has 0 radical (unpaired) electrons. The van der Waals surface area contributed by atoms with Crippen molar-refractivity contribution in [2.24, 2.45) is 4.99 Å². The lowest BCUT2D eigenvalue weighted by Gasteiger charge is -2.34. The molecule has 0 aliphatic carbocycles. The fourth-order valence-corrected chi connectivity index (χ4v) is 4.75. The summed E-state index contributed by atoms with van der Waals surface area (Å²) in [6.45, 7) is 14.1. The molecule has 2 fully saturated rings. The van der Waals surface area contributed by atoms with E-state index in [1.54, 1.807) is 18.3 Å². The summed E-state index contributed by atoms with van der Waals surface area (Å²) in [4.78, 5) is 24.5. The number of piperazine rings is 1. The highest BCUT2D eigenvalue weighted by molar-refractivity contribution is 14.0. The summed E-state index contributed by atoms with van der Waals surface area (Å²) in [5, 5.41) is 9.00. The van der Waals surface area contributed by atoms with E-state index in [1.807, 2.05) is 4.90 Å². The van der Waals surface area contributed by atoms with Crippen LogP contribution in [0.25, 0.3) is 0 Å². The molecule has 2 aliphatic heterocycles. The maximum atomic E-state index is 11.5. The van der Waals surface area contributed by atoms with Crippen LogP contribution in [0.4, 0.5) is 0 Å². The Morgan fingerprint density at radius 2 is 1.94 bits per heavy atom. The summed E-state index contributed by atoms with van der Waals surface area (Å²) in [5.74, 6) is 1.05. The van der Waals surface area contributed by atoms with E-state index in [9.17, 15) is 4.79 Å². The van der Waals surface area contributed by atoms with E-state index in [0.29, 0.717) is 6.04 Å². The second kappa shape index (κ2) is 14.2. The number of carbonyl (C=O) groups excluding carboxylic acids is 1. The summed E-state index contributed by atoms with van der Waals surface area (Å²) in [5.41, 5.74) is 0. The van der Waals surface area contributed by atoms with Gasteiger partial charge in [-0.25, -0.2) is 0 Å². The summed E-state index contributed by atoms with van der Waals surface area (Å²) in [6.07, 6.45) is 0. The number of ether oxygens (including phenoxy) is 1. The van der Waals surface area contributed by atoms with E-state index < -0.39 is 0 Å². The van der Waals surface area contributed by atoms with Crippen molar-refractivity contribution in [2.75, 3.05) is 78.7 Å². The number of hydrogen-bond donors (Lipinski definition) is 2. The minimum atomic E-state index is 0. The van der Waals surface area contributed by atoms with Crippen LogP contribution in [0.3, 0.4) is 0 Å². The molecule has 8 nitrogen and oxygen atoms in total. The molecule has 10 heteroatoms. The van der Waals surface area contributed by atoms with Gasteiger partial charge in [0, 0.05) is 70.7 Å². The quantitative estimate of drug-likeness (QED) is 0.283. The second-order valence-electron chi connectivity index (χ2n) is 7.67. The number of guanidine groups is 1. The molecule has 1 aromatic rings. The number of rotatable bonds is 8. The number of thiophene rings is 1. The summed E-state index contributed by atoms with van der Waals surface area (Å²) >= 11 is 1.80. The molecule has 1 aromatic heterocycles. The molecule has 3 rings (SSSR count). The molecular formula is C21H37IN6O2S. The van der Waals surface area contributed by atoms with Crippen molar-refractivity contribution in [3.63, 3.8) is 0 Å². The fourth-order valence-electron chi connectivity index (χ4n) is 3.89. The lowest BCUT2D eigenvalue weighted by atomic mass is 10.2. The van der Waals surface area contributed by atoms with Gasteiger partial charge in [-0.05, 0) is 18.4 Å². The molecule has 1 unspecified atom stereocenters. The van der Waals surface area contributed by atoms with Crippen LogP contribution >= 0.6 is 35.3 Å². The van der Waals surface area contributed by atoms with E-state index in [2.05, 4.69) is 44.9 Å². The highest BCUT2D eigenvalue weighted by atomic mass is 127. The SMILES string of the molecule is CCNC(=NCC(c1cccs1)N1CCOCC1)NCCN1CCN(C(C)=O)CC1.I. The number of hydrogen-bond acceptors (Lipinski definition) is 6. The first-order valence-electron chi connectivity index (χ1n) is 11.0. The smallest absolute Gasteiger partial charge is 0.219 e. The standard InChI is InChI=1S/C21H36N6O2S.HI/c1-3-22-21(23-6-7-25-8-10-26(11-9-25)18(2)28)24-17-19(20-5-4-16-30-20)27-12-14-29-15-13-27;/h4-5,16,19H,3,6-15,17H2,1-2H3,(H2,22,23,24);1H. The molecule has 0 aromatic carbocycles. The Morgan fingerprint density at radius 3 is 2.55 bits per heavy atom. The Kier molecular flexibility index (Phi) is 12.1. The Balaban J connectivity index is 0.00000341. The van der Waals surface area contributed by atoms with Gasteiger partial charge in [-0.2, -0.15) is 0 Å².